The summed E-state index contributed by atoms with van der Waals surface area (Å²) in [5.74, 6) is -0.170. The SMILES string of the molecule is CCc1ccccc1C(Cc1cccc(F)c1)NC. The van der Waals surface area contributed by atoms with Gasteiger partial charge < -0.3 is 5.32 Å². The molecule has 1 unspecified atom stereocenters. The minimum absolute atomic E-state index is 0.170. The van der Waals surface area contributed by atoms with E-state index in [9.17, 15) is 4.39 Å². The van der Waals surface area contributed by atoms with E-state index < -0.39 is 0 Å². The minimum atomic E-state index is -0.170. The molecular weight excluding hydrogens is 237 g/mol. The van der Waals surface area contributed by atoms with Crippen molar-refractivity contribution in [2.24, 2.45) is 0 Å². The van der Waals surface area contributed by atoms with Crippen molar-refractivity contribution < 1.29 is 4.39 Å². The highest BCUT2D eigenvalue weighted by molar-refractivity contribution is 5.32. The largest absolute Gasteiger partial charge is 0.313 e. The normalized spacial score (nSPS) is 12.4. The summed E-state index contributed by atoms with van der Waals surface area (Å²) in [6, 6.07) is 15.5. The van der Waals surface area contributed by atoms with Crippen molar-refractivity contribution >= 4 is 0 Å². The molecule has 2 heteroatoms. The lowest BCUT2D eigenvalue weighted by Gasteiger charge is -2.20. The van der Waals surface area contributed by atoms with Crippen LogP contribution in [0.4, 0.5) is 4.39 Å². The first-order chi connectivity index (χ1) is 9.24. The second kappa shape index (κ2) is 6.48. The fourth-order valence-corrected chi connectivity index (χ4v) is 2.46. The Labute approximate surface area is 114 Å². The first-order valence-corrected chi connectivity index (χ1v) is 6.74. The fourth-order valence-electron chi connectivity index (χ4n) is 2.46. The van der Waals surface area contributed by atoms with Crippen molar-refractivity contribution in [2.45, 2.75) is 25.8 Å². The second-order valence-corrected chi connectivity index (χ2v) is 4.73. The smallest absolute Gasteiger partial charge is 0.123 e. The van der Waals surface area contributed by atoms with E-state index in [1.165, 1.54) is 17.2 Å². The molecule has 0 spiro atoms. The van der Waals surface area contributed by atoms with E-state index in [0.29, 0.717) is 0 Å². The summed E-state index contributed by atoms with van der Waals surface area (Å²) in [6.45, 7) is 2.16. The predicted molar refractivity (Wildman–Crippen MR) is 77.7 cm³/mol. The number of halogens is 1. The maximum Gasteiger partial charge on any atom is 0.123 e. The van der Waals surface area contributed by atoms with E-state index in [-0.39, 0.29) is 11.9 Å². The van der Waals surface area contributed by atoms with Gasteiger partial charge in [-0.25, -0.2) is 4.39 Å². The van der Waals surface area contributed by atoms with Gasteiger partial charge in [0.05, 0.1) is 0 Å². The Morgan fingerprint density at radius 3 is 2.58 bits per heavy atom. The maximum atomic E-state index is 13.2. The molecule has 2 rings (SSSR count). The van der Waals surface area contributed by atoms with Crippen molar-refractivity contribution in [3.63, 3.8) is 0 Å². The zero-order valence-electron chi connectivity index (χ0n) is 11.5. The van der Waals surface area contributed by atoms with E-state index in [2.05, 4.69) is 36.5 Å². The van der Waals surface area contributed by atoms with Crippen LogP contribution in [0.25, 0.3) is 0 Å². The minimum Gasteiger partial charge on any atom is -0.313 e. The number of hydrogen-bond acceptors (Lipinski definition) is 1. The highest BCUT2D eigenvalue weighted by Crippen LogP contribution is 2.22. The van der Waals surface area contributed by atoms with E-state index in [0.717, 1.165) is 18.4 Å². The van der Waals surface area contributed by atoms with Crippen LogP contribution >= 0.6 is 0 Å². The summed E-state index contributed by atoms with van der Waals surface area (Å²) in [4.78, 5) is 0. The highest BCUT2D eigenvalue weighted by Gasteiger charge is 2.13. The number of benzene rings is 2. The molecule has 0 heterocycles. The van der Waals surface area contributed by atoms with Crippen LogP contribution in [0.3, 0.4) is 0 Å². The van der Waals surface area contributed by atoms with Crippen LogP contribution < -0.4 is 5.32 Å². The van der Waals surface area contributed by atoms with Crippen LogP contribution in [0.2, 0.25) is 0 Å². The Hall–Kier alpha value is -1.67. The van der Waals surface area contributed by atoms with Gasteiger partial charge in [-0.3, -0.25) is 0 Å². The predicted octanol–water partition coefficient (Wildman–Crippen LogP) is 3.89. The molecule has 1 nitrogen and oxygen atoms in total. The first-order valence-electron chi connectivity index (χ1n) is 6.74. The standard InChI is InChI=1S/C17H20FN/c1-3-14-8-4-5-10-16(14)17(19-2)12-13-7-6-9-15(18)11-13/h4-11,17,19H,3,12H2,1-2H3. The molecule has 0 saturated carbocycles. The van der Waals surface area contributed by atoms with Crippen LogP contribution in [0.15, 0.2) is 48.5 Å². The Morgan fingerprint density at radius 1 is 1.11 bits per heavy atom. The third-order valence-corrected chi connectivity index (χ3v) is 3.49. The molecule has 0 aromatic heterocycles. The van der Waals surface area contributed by atoms with Crippen LogP contribution in [-0.4, -0.2) is 7.05 Å². The molecular formula is C17H20FN. The van der Waals surface area contributed by atoms with Gasteiger partial charge in [-0.1, -0.05) is 43.3 Å². The third-order valence-electron chi connectivity index (χ3n) is 3.49. The van der Waals surface area contributed by atoms with Gasteiger partial charge in [-0.15, -0.1) is 0 Å². The molecule has 0 aliphatic carbocycles. The van der Waals surface area contributed by atoms with Crippen molar-refractivity contribution in [3.8, 4) is 0 Å². The van der Waals surface area contributed by atoms with E-state index in [1.807, 2.05) is 13.1 Å². The molecule has 0 aliphatic heterocycles. The van der Waals surface area contributed by atoms with Gasteiger partial charge >= 0.3 is 0 Å². The summed E-state index contributed by atoms with van der Waals surface area (Å²) in [5.41, 5.74) is 3.67. The van der Waals surface area contributed by atoms with Gasteiger partial charge in [0.15, 0.2) is 0 Å². The third kappa shape index (κ3) is 3.42. The molecule has 0 saturated heterocycles. The number of likely N-dealkylation sites (N-methyl/N-ethyl adjacent to an activating group) is 1. The molecule has 0 aliphatic rings. The van der Waals surface area contributed by atoms with Crippen molar-refractivity contribution in [2.75, 3.05) is 7.05 Å². The quantitative estimate of drug-likeness (QED) is 0.857. The van der Waals surface area contributed by atoms with Crippen LogP contribution in [-0.2, 0) is 12.8 Å². The molecule has 1 atom stereocenters. The van der Waals surface area contributed by atoms with Crippen molar-refractivity contribution in [3.05, 3.63) is 71.0 Å². The molecule has 0 radical (unpaired) electrons. The molecule has 100 valence electrons. The number of hydrogen-bond donors (Lipinski definition) is 1. The molecule has 0 amide bonds. The lowest BCUT2D eigenvalue weighted by molar-refractivity contribution is 0.580. The van der Waals surface area contributed by atoms with Gasteiger partial charge in [-0.05, 0) is 48.7 Å². The molecule has 1 N–H and O–H groups in total. The van der Waals surface area contributed by atoms with Crippen molar-refractivity contribution in [1.29, 1.82) is 0 Å². The Balaban J connectivity index is 2.25. The van der Waals surface area contributed by atoms with E-state index >= 15 is 0 Å². The van der Waals surface area contributed by atoms with Crippen molar-refractivity contribution in [1.82, 2.24) is 5.32 Å². The fraction of sp³-hybridized carbons (Fsp3) is 0.294. The molecule has 2 aromatic carbocycles. The summed E-state index contributed by atoms with van der Waals surface area (Å²) in [7, 11) is 1.95. The Kier molecular flexibility index (Phi) is 4.69. The van der Waals surface area contributed by atoms with Gasteiger partial charge in [0.25, 0.3) is 0 Å². The van der Waals surface area contributed by atoms with Crippen LogP contribution in [0.1, 0.15) is 29.7 Å². The first kappa shape index (κ1) is 13.8. The number of nitrogens with one attached hydrogen (secondary N) is 1. The summed E-state index contributed by atoms with van der Waals surface area (Å²) in [5, 5.41) is 3.34. The topological polar surface area (TPSA) is 12.0 Å². The number of rotatable bonds is 5. The molecule has 0 fully saturated rings. The average molecular weight is 257 g/mol. The van der Waals surface area contributed by atoms with Gasteiger partial charge in [0.2, 0.25) is 0 Å². The van der Waals surface area contributed by atoms with Gasteiger partial charge in [-0.2, -0.15) is 0 Å². The number of aryl methyl sites for hydroxylation is 1. The van der Waals surface area contributed by atoms with Crippen LogP contribution in [0, 0.1) is 5.82 Å². The summed E-state index contributed by atoms with van der Waals surface area (Å²) >= 11 is 0. The lowest BCUT2D eigenvalue weighted by atomic mass is 9.94. The molecule has 19 heavy (non-hydrogen) atoms. The van der Waals surface area contributed by atoms with E-state index in [4.69, 9.17) is 0 Å². The Bertz CT molecular complexity index is 536. The van der Waals surface area contributed by atoms with Crippen LogP contribution in [0.5, 0.6) is 0 Å². The highest BCUT2D eigenvalue weighted by atomic mass is 19.1. The maximum absolute atomic E-state index is 13.2. The van der Waals surface area contributed by atoms with Gasteiger partial charge in [0.1, 0.15) is 5.82 Å². The molecule has 0 bridgehead atoms. The van der Waals surface area contributed by atoms with Gasteiger partial charge in [0, 0.05) is 6.04 Å². The average Bonchev–Trinajstić information content (AvgIpc) is 2.45. The lowest BCUT2D eigenvalue weighted by Crippen LogP contribution is -2.20. The zero-order valence-corrected chi connectivity index (χ0v) is 11.5. The monoisotopic (exact) mass is 257 g/mol. The summed E-state index contributed by atoms with van der Waals surface area (Å²) in [6.07, 6.45) is 1.81. The Morgan fingerprint density at radius 2 is 1.89 bits per heavy atom. The summed E-state index contributed by atoms with van der Waals surface area (Å²) < 4.78 is 13.2. The zero-order chi connectivity index (χ0) is 13.7. The second-order valence-electron chi connectivity index (χ2n) is 4.73. The molecule has 2 aromatic rings. The van der Waals surface area contributed by atoms with E-state index in [1.54, 1.807) is 12.1 Å².